The fourth-order valence-electron chi connectivity index (χ4n) is 2.45. The van der Waals surface area contributed by atoms with Gasteiger partial charge in [-0.05, 0) is 30.9 Å². The molecule has 0 aromatic carbocycles. The van der Waals surface area contributed by atoms with Crippen LogP contribution in [0.15, 0.2) is 12.1 Å². The quantitative estimate of drug-likeness (QED) is 0.659. The third-order valence-electron chi connectivity index (χ3n) is 3.79. The zero-order valence-corrected chi connectivity index (χ0v) is 12.5. The topological polar surface area (TPSA) is 84.3 Å². The zero-order valence-electron chi connectivity index (χ0n) is 11.6. The number of piperidine rings is 1. The van der Waals surface area contributed by atoms with E-state index in [1.165, 1.54) is 12.1 Å². The number of nitrogens with zero attached hydrogens (tertiary/aromatic N) is 1. The van der Waals surface area contributed by atoms with E-state index >= 15 is 0 Å². The Kier molecular flexibility index (Phi) is 4.39. The molecule has 20 heavy (non-hydrogen) atoms. The summed E-state index contributed by atoms with van der Waals surface area (Å²) in [5.74, 6) is -0.244. The highest BCUT2D eigenvalue weighted by Crippen LogP contribution is 2.30. The van der Waals surface area contributed by atoms with Gasteiger partial charge in [-0.2, -0.15) is 0 Å². The average molecular weight is 297 g/mol. The Bertz CT molecular complexity index is 513. The molecule has 1 aromatic rings. The lowest BCUT2D eigenvalue weighted by Crippen LogP contribution is -2.52. The van der Waals surface area contributed by atoms with Crippen LogP contribution in [0, 0.1) is 15.5 Å². The standard InChI is InChI=1S/C13H19N3O3S/c1-13(2)6-3-7-14-10(13)8-15-12(17)9-4-5-11(20-9)16(18)19/h4-5,10,14H,3,6-8H2,1-2H3,(H,15,17). The Hall–Kier alpha value is -1.47. The fourth-order valence-corrected chi connectivity index (χ4v) is 3.19. The van der Waals surface area contributed by atoms with Crippen molar-refractivity contribution < 1.29 is 9.72 Å². The zero-order chi connectivity index (χ0) is 14.8. The molecule has 2 N–H and O–H groups in total. The summed E-state index contributed by atoms with van der Waals surface area (Å²) in [4.78, 5) is 22.5. The highest BCUT2D eigenvalue weighted by molar-refractivity contribution is 7.17. The van der Waals surface area contributed by atoms with Crippen LogP contribution in [0.2, 0.25) is 0 Å². The molecule has 2 heterocycles. The maximum absolute atomic E-state index is 12.0. The van der Waals surface area contributed by atoms with Gasteiger partial charge in [0.15, 0.2) is 0 Å². The van der Waals surface area contributed by atoms with Gasteiger partial charge in [0.05, 0.1) is 9.80 Å². The Morgan fingerprint density at radius 2 is 2.35 bits per heavy atom. The van der Waals surface area contributed by atoms with Gasteiger partial charge >= 0.3 is 5.00 Å². The van der Waals surface area contributed by atoms with E-state index in [9.17, 15) is 14.9 Å². The van der Waals surface area contributed by atoms with Crippen molar-refractivity contribution in [3.63, 3.8) is 0 Å². The van der Waals surface area contributed by atoms with Gasteiger partial charge in [-0.1, -0.05) is 25.2 Å². The molecule has 1 aliphatic heterocycles. The highest BCUT2D eigenvalue weighted by atomic mass is 32.1. The maximum Gasteiger partial charge on any atom is 0.324 e. The first kappa shape index (κ1) is 14.9. The summed E-state index contributed by atoms with van der Waals surface area (Å²) in [6.07, 6.45) is 2.28. The van der Waals surface area contributed by atoms with Crippen molar-refractivity contribution in [2.45, 2.75) is 32.7 Å². The minimum atomic E-state index is -0.479. The van der Waals surface area contributed by atoms with Crippen LogP contribution in [0.25, 0.3) is 0 Å². The third kappa shape index (κ3) is 3.34. The second-order valence-corrected chi connectivity index (χ2v) is 6.77. The molecule has 1 amide bonds. The minimum Gasteiger partial charge on any atom is -0.350 e. The lowest BCUT2D eigenvalue weighted by Gasteiger charge is -2.39. The van der Waals surface area contributed by atoms with E-state index in [1.807, 2.05) is 0 Å². The molecule has 1 saturated heterocycles. The van der Waals surface area contributed by atoms with E-state index in [1.54, 1.807) is 0 Å². The summed E-state index contributed by atoms with van der Waals surface area (Å²) in [6, 6.07) is 3.09. The molecule has 0 spiro atoms. The van der Waals surface area contributed by atoms with Crippen LogP contribution in [0.3, 0.4) is 0 Å². The molecule has 6 nitrogen and oxygen atoms in total. The van der Waals surface area contributed by atoms with Crippen LogP contribution in [0.5, 0.6) is 0 Å². The summed E-state index contributed by atoms with van der Waals surface area (Å²) in [7, 11) is 0. The molecule has 2 rings (SSSR count). The Balaban J connectivity index is 1.92. The van der Waals surface area contributed by atoms with E-state index in [2.05, 4.69) is 24.5 Å². The molecule has 1 aliphatic rings. The van der Waals surface area contributed by atoms with Crippen molar-refractivity contribution in [3.8, 4) is 0 Å². The molecule has 0 bridgehead atoms. The molecule has 1 atom stereocenters. The van der Waals surface area contributed by atoms with Gasteiger partial charge in [0.25, 0.3) is 5.91 Å². The third-order valence-corrected chi connectivity index (χ3v) is 4.83. The molecule has 0 aliphatic carbocycles. The van der Waals surface area contributed by atoms with E-state index in [0.29, 0.717) is 11.4 Å². The smallest absolute Gasteiger partial charge is 0.324 e. The number of amides is 1. The number of hydrogen-bond donors (Lipinski definition) is 2. The number of hydrogen-bond acceptors (Lipinski definition) is 5. The second kappa shape index (κ2) is 5.88. The SMILES string of the molecule is CC1(C)CCCNC1CNC(=O)c1ccc([N+](=O)[O-])s1. The molecule has 0 radical (unpaired) electrons. The van der Waals surface area contributed by atoms with Crippen LogP contribution in [0.4, 0.5) is 5.00 Å². The van der Waals surface area contributed by atoms with Crippen LogP contribution in [-0.2, 0) is 0 Å². The Labute approximate surface area is 121 Å². The number of nitrogens with one attached hydrogen (secondary N) is 2. The largest absolute Gasteiger partial charge is 0.350 e. The van der Waals surface area contributed by atoms with Crippen LogP contribution < -0.4 is 10.6 Å². The summed E-state index contributed by atoms with van der Waals surface area (Å²) in [5, 5.41) is 16.9. The van der Waals surface area contributed by atoms with Crippen LogP contribution >= 0.6 is 11.3 Å². The van der Waals surface area contributed by atoms with Crippen molar-refractivity contribution in [3.05, 3.63) is 27.1 Å². The van der Waals surface area contributed by atoms with Gasteiger partial charge in [0.1, 0.15) is 0 Å². The molecule has 1 unspecified atom stereocenters. The number of carbonyl (C=O) groups excluding carboxylic acids is 1. The Morgan fingerprint density at radius 3 is 2.95 bits per heavy atom. The number of carbonyl (C=O) groups is 1. The monoisotopic (exact) mass is 297 g/mol. The molecule has 7 heteroatoms. The van der Waals surface area contributed by atoms with Crippen molar-refractivity contribution in [2.24, 2.45) is 5.41 Å². The summed E-state index contributed by atoms with van der Waals surface area (Å²) < 4.78 is 0. The molecule has 0 saturated carbocycles. The molecular weight excluding hydrogens is 278 g/mol. The highest BCUT2D eigenvalue weighted by Gasteiger charge is 2.32. The van der Waals surface area contributed by atoms with E-state index in [0.717, 1.165) is 30.7 Å². The van der Waals surface area contributed by atoms with Crippen molar-refractivity contribution in [1.82, 2.24) is 10.6 Å². The first-order valence-corrected chi connectivity index (χ1v) is 7.47. The summed E-state index contributed by atoms with van der Waals surface area (Å²) in [5.41, 5.74) is 0.146. The van der Waals surface area contributed by atoms with E-state index in [-0.39, 0.29) is 22.4 Å². The molecule has 110 valence electrons. The predicted molar refractivity (Wildman–Crippen MR) is 78.1 cm³/mol. The number of thiophene rings is 1. The van der Waals surface area contributed by atoms with Crippen LogP contribution in [0.1, 0.15) is 36.4 Å². The second-order valence-electron chi connectivity index (χ2n) is 5.70. The van der Waals surface area contributed by atoms with Crippen molar-refractivity contribution in [1.29, 1.82) is 0 Å². The predicted octanol–water partition coefficient (Wildman–Crippen LogP) is 2.16. The lowest BCUT2D eigenvalue weighted by atomic mass is 9.77. The van der Waals surface area contributed by atoms with E-state index in [4.69, 9.17) is 0 Å². The van der Waals surface area contributed by atoms with Gasteiger partial charge in [-0.3, -0.25) is 14.9 Å². The maximum atomic E-state index is 12.0. The lowest BCUT2D eigenvalue weighted by molar-refractivity contribution is -0.380. The van der Waals surface area contributed by atoms with Gasteiger partial charge in [0.2, 0.25) is 0 Å². The average Bonchev–Trinajstić information content (AvgIpc) is 2.86. The fraction of sp³-hybridized carbons (Fsp3) is 0.615. The van der Waals surface area contributed by atoms with Crippen LogP contribution in [-0.4, -0.2) is 30.0 Å². The molecule has 1 aromatic heterocycles. The van der Waals surface area contributed by atoms with Gasteiger partial charge in [0, 0.05) is 18.7 Å². The molecular formula is C13H19N3O3S. The normalized spacial score (nSPS) is 21.4. The van der Waals surface area contributed by atoms with Crippen molar-refractivity contribution in [2.75, 3.05) is 13.1 Å². The van der Waals surface area contributed by atoms with Gasteiger partial charge in [-0.15, -0.1) is 0 Å². The first-order chi connectivity index (χ1) is 9.40. The molecule has 1 fully saturated rings. The summed E-state index contributed by atoms with van der Waals surface area (Å²) in [6.45, 7) is 5.88. The van der Waals surface area contributed by atoms with Gasteiger partial charge in [-0.25, -0.2) is 0 Å². The van der Waals surface area contributed by atoms with E-state index < -0.39 is 4.92 Å². The number of rotatable bonds is 4. The number of nitro groups is 1. The summed E-state index contributed by atoms with van der Waals surface area (Å²) >= 11 is 0.904. The minimum absolute atomic E-state index is 0.00808. The Morgan fingerprint density at radius 1 is 1.60 bits per heavy atom. The van der Waals surface area contributed by atoms with Crippen molar-refractivity contribution >= 4 is 22.2 Å². The first-order valence-electron chi connectivity index (χ1n) is 6.66. The van der Waals surface area contributed by atoms with Gasteiger partial charge < -0.3 is 10.6 Å².